The van der Waals surface area contributed by atoms with Crippen molar-refractivity contribution in [1.82, 2.24) is 9.97 Å². The lowest BCUT2D eigenvalue weighted by Crippen LogP contribution is -2.38. The second-order valence-electron chi connectivity index (χ2n) is 5.99. The minimum Gasteiger partial charge on any atom is -0.486 e. The van der Waals surface area contributed by atoms with Crippen LogP contribution in [0.3, 0.4) is 0 Å². The van der Waals surface area contributed by atoms with Gasteiger partial charge in [0.15, 0.2) is 16.7 Å². The summed E-state index contributed by atoms with van der Waals surface area (Å²) in [6, 6.07) is 0. The molecule has 0 amide bonds. The van der Waals surface area contributed by atoms with Gasteiger partial charge in [-0.3, -0.25) is 0 Å². The van der Waals surface area contributed by atoms with Gasteiger partial charge in [0.05, 0.1) is 25.9 Å². The molecule has 1 fully saturated rings. The van der Waals surface area contributed by atoms with Gasteiger partial charge in [0.2, 0.25) is 5.28 Å². The number of hydrogen-bond donors (Lipinski definition) is 1. The van der Waals surface area contributed by atoms with Gasteiger partial charge >= 0.3 is 0 Å². The quantitative estimate of drug-likeness (QED) is 0.650. The lowest BCUT2D eigenvalue weighted by molar-refractivity contribution is 0.0283. The van der Waals surface area contributed by atoms with Crippen molar-refractivity contribution in [2.45, 2.75) is 26.9 Å². The molecule has 1 aliphatic rings. The van der Waals surface area contributed by atoms with Gasteiger partial charge in [0.25, 0.3) is 0 Å². The standard InChI is InChI=1S/C14H21Cl2N3O3/c1-9(20)14(2,3)8-22-10-11(15)17-13(16)18-12(10)19-4-6-21-7-5-19/h9,20H,4-8H2,1-3H3. The maximum Gasteiger partial charge on any atom is 0.226 e. The fraction of sp³-hybridized carbons (Fsp3) is 0.714. The van der Waals surface area contributed by atoms with Gasteiger partial charge < -0.3 is 19.5 Å². The van der Waals surface area contributed by atoms with Gasteiger partial charge in [-0.25, -0.2) is 4.98 Å². The van der Waals surface area contributed by atoms with Crippen LogP contribution < -0.4 is 9.64 Å². The Balaban J connectivity index is 2.25. The Labute approximate surface area is 140 Å². The van der Waals surface area contributed by atoms with E-state index in [0.29, 0.717) is 37.9 Å². The predicted octanol–water partition coefficient (Wildman–Crippen LogP) is 2.41. The van der Waals surface area contributed by atoms with Crippen LogP contribution in [0.15, 0.2) is 0 Å². The van der Waals surface area contributed by atoms with E-state index in [9.17, 15) is 5.11 Å². The first kappa shape index (κ1) is 17.5. The van der Waals surface area contributed by atoms with Crippen LogP contribution in [0.25, 0.3) is 0 Å². The number of rotatable bonds is 5. The maximum absolute atomic E-state index is 9.80. The van der Waals surface area contributed by atoms with E-state index in [4.69, 9.17) is 32.7 Å². The zero-order valence-electron chi connectivity index (χ0n) is 13.0. The number of aliphatic hydroxyl groups excluding tert-OH is 1. The molecule has 0 saturated carbocycles. The van der Waals surface area contributed by atoms with Gasteiger partial charge in [0.1, 0.15) is 0 Å². The van der Waals surface area contributed by atoms with Crippen molar-refractivity contribution >= 4 is 29.0 Å². The van der Waals surface area contributed by atoms with Crippen molar-refractivity contribution in [3.05, 3.63) is 10.4 Å². The third-order valence-corrected chi connectivity index (χ3v) is 4.23. The number of nitrogens with zero attached hydrogens (tertiary/aromatic N) is 3. The molecule has 1 aliphatic heterocycles. The van der Waals surface area contributed by atoms with Gasteiger partial charge in [-0.1, -0.05) is 25.4 Å². The van der Waals surface area contributed by atoms with Crippen LogP contribution in [-0.2, 0) is 4.74 Å². The molecule has 2 rings (SSSR count). The summed E-state index contributed by atoms with van der Waals surface area (Å²) in [5.74, 6) is 0.955. The van der Waals surface area contributed by atoms with Crippen molar-refractivity contribution < 1.29 is 14.6 Å². The number of aliphatic hydroxyl groups is 1. The Bertz CT molecular complexity index is 520. The molecule has 0 aromatic carbocycles. The highest BCUT2D eigenvalue weighted by Crippen LogP contribution is 2.35. The lowest BCUT2D eigenvalue weighted by Gasteiger charge is -2.31. The first-order valence-corrected chi connectivity index (χ1v) is 7.93. The molecule has 0 aliphatic carbocycles. The Morgan fingerprint density at radius 1 is 1.32 bits per heavy atom. The molecule has 0 radical (unpaired) electrons. The van der Waals surface area contributed by atoms with Crippen LogP contribution in [0.1, 0.15) is 20.8 Å². The smallest absolute Gasteiger partial charge is 0.226 e. The van der Waals surface area contributed by atoms with E-state index < -0.39 is 11.5 Å². The monoisotopic (exact) mass is 349 g/mol. The fourth-order valence-electron chi connectivity index (χ4n) is 1.88. The summed E-state index contributed by atoms with van der Waals surface area (Å²) in [4.78, 5) is 10.2. The number of hydrogen-bond acceptors (Lipinski definition) is 6. The van der Waals surface area contributed by atoms with Crippen LogP contribution in [0.4, 0.5) is 5.82 Å². The van der Waals surface area contributed by atoms with Crippen LogP contribution in [0.2, 0.25) is 10.4 Å². The number of halogens is 2. The highest BCUT2D eigenvalue weighted by Gasteiger charge is 2.28. The number of anilines is 1. The third-order valence-electron chi connectivity index (χ3n) is 3.81. The average molecular weight is 350 g/mol. The minimum atomic E-state index is -0.522. The van der Waals surface area contributed by atoms with Gasteiger partial charge in [-0.15, -0.1) is 0 Å². The second kappa shape index (κ2) is 7.17. The van der Waals surface area contributed by atoms with Crippen molar-refractivity contribution in [3.63, 3.8) is 0 Å². The first-order chi connectivity index (χ1) is 10.3. The fourth-order valence-corrected chi connectivity index (χ4v) is 2.31. The van der Waals surface area contributed by atoms with Crippen LogP contribution in [-0.4, -0.2) is 54.1 Å². The molecule has 1 unspecified atom stereocenters. The highest BCUT2D eigenvalue weighted by molar-refractivity contribution is 6.33. The Morgan fingerprint density at radius 3 is 2.55 bits per heavy atom. The summed E-state index contributed by atoms with van der Waals surface area (Å²) in [5.41, 5.74) is -0.425. The summed E-state index contributed by atoms with van der Waals surface area (Å²) < 4.78 is 11.2. The number of ether oxygens (including phenoxy) is 2. The Kier molecular flexibility index (Phi) is 5.71. The molecule has 124 valence electrons. The molecular formula is C14H21Cl2N3O3. The summed E-state index contributed by atoms with van der Waals surface area (Å²) in [6.07, 6.45) is -0.522. The van der Waals surface area contributed by atoms with E-state index in [1.807, 2.05) is 18.7 Å². The molecule has 0 spiro atoms. The SMILES string of the molecule is CC(O)C(C)(C)COc1c(Cl)nc(Cl)nc1N1CCOCC1. The van der Waals surface area contributed by atoms with E-state index in [1.54, 1.807) is 6.92 Å². The topological polar surface area (TPSA) is 67.7 Å². The van der Waals surface area contributed by atoms with Crippen LogP contribution in [0, 0.1) is 5.41 Å². The minimum absolute atomic E-state index is 0.0774. The molecule has 1 N–H and O–H groups in total. The lowest BCUT2D eigenvalue weighted by atomic mass is 9.89. The molecular weight excluding hydrogens is 329 g/mol. The molecule has 8 heteroatoms. The Hall–Kier alpha value is -0.820. The van der Waals surface area contributed by atoms with E-state index in [0.717, 1.165) is 0 Å². The highest BCUT2D eigenvalue weighted by atomic mass is 35.5. The maximum atomic E-state index is 9.80. The summed E-state index contributed by atoms with van der Waals surface area (Å²) >= 11 is 12.1. The molecule has 0 bridgehead atoms. The van der Waals surface area contributed by atoms with E-state index >= 15 is 0 Å². The molecule has 1 aromatic heterocycles. The van der Waals surface area contributed by atoms with Crippen molar-refractivity contribution in [2.75, 3.05) is 37.8 Å². The normalized spacial score (nSPS) is 17.5. The Morgan fingerprint density at radius 2 is 1.95 bits per heavy atom. The number of morpholine rings is 1. The van der Waals surface area contributed by atoms with Crippen LogP contribution >= 0.6 is 23.2 Å². The zero-order valence-corrected chi connectivity index (χ0v) is 14.5. The summed E-state index contributed by atoms with van der Waals surface area (Å²) in [6.45, 7) is 8.42. The largest absolute Gasteiger partial charge is 0.486 e. The molecule has 1 saturated heterocycles. The van der Waals surface area contributed by atoms with E-state index in [2.05, 4.69) is 9.97 Å². The molecule has 22 heavy (non-hydrogen) atoms. The summed E-state index contributed by atoms with van der Waals surface area (Å²) in [5, 5.41) is 10.0. The third kappa shape index (κ3) is 4.13. The molecule has 1 atom stereocenters. The molecule has 6 nitrogen and oxygen atoms in total. The van der Waals surface area contributed by atoms with Crippen LogP contribution in [0.5, 0.6) is 5.75 Å². The summed E-state index contributed by atoms with van der Waals surface area (Å²) in [7, 11) is 0. The van der Waals surface area contributed by atoms with Gasteiger partial charge in [-0.2, -0.15) is 4.98 Å². The van der Waals surface area contributed by atoms with Gasteiger partial charge in [-0.05, 0) is 18.5 Å². The molecule has 2 heterocycles. The molecule has 1 aromatic rings. The zero-order chi connectivity index (χ0) is 16.3. The predicted molar refractivity (Wildman–Crippen MR) is 86.0 cm³/mol. The second-order valence-corrected chi connectivity index (χ2v) is 6.68. The average Bonchev–Trinajstić information content (AvgIpc) is 2.46. The van der Waals surface area contributed by atoms with E-state index in [1.165, 1.54) is 0 Å². The first-order valence-electron chi connectivity index (χ1n) is 7.18. The van der Waals surface area contributed by atoms with Gasteiger partial charge in [0, 0.05) is 18.5 Å². The number of aromatic nitrogens is 2. The van der Waals surface area contributed by atoms with Crippen molar-refractivity contribution in [2.24, 2.45) is 5.41 Å². The van der Waals surface area contributed by atoms with E-state index in [-0.39, 0.29) is 17.0 Å². The van der Waals surface area contributed by atoms with Crippen molar-refractivity contribution in [1.29, 1.82) is 0 Å². The van der Waals surface area contributed by atoms with Crippen molar-refractivity contribution in [3.8, 4) is 5.75 Å².